The molecule has 0 saturated carbocycles. The third kappa shape index (κ3) is 2.56. The molecule has 5 nitrogen and oxygen atoms in total. The molecule has 1 atom stereocenters. The monoisotopic (exact) mass is 285 g/mol. The van der Waals surface area contributed by atoms with Gasteiger partial charge in [-0.05, 0) is 37.6 Å². The lowest BCUT2D eigenvalue weighted by Crippen LogP contribution is -2.14. The van der Waals surface area contributed by atoms with E-state index in [-0.39, 0.29) is 5.82 Å². The van der Waals surface area contributed by atoms with Gasteiger partial charge in [0.15, 0.2) is 5.65 Å². The minimum Gasteiger partial charge on any atom is -0.367 e. The van der Waals surface area contributed by atoms with Gasteiger partial charge in [0.05, 0.1) is 17.3 Å². The Morgan fingerprint density at radius 3 is 2.71 bits per heavy atom. The highest BCUT2D eigenvalue weighted by atomic mass is 19.1. The fraction of sp³-hybridized carbons (Fsp3) is 0.267. The predicted molar refractivity (Wildman–Crippen MR) is 80.0 cm³/mol. The van der Waals surface area contributed by atoms with Crippen LogP contribution in [0.1, 0.15) is 20.3 Å². The van der Waals surface area contributed by atoms with Crippen LogP contribution < -0.4 is 5.32 Å². The molecule has 0 aliphatic carbocycles. The van der Waals surface area contributed by atoms with Crippen LogP contribution in [0.5, 0.6) is 0 Å². The molecule has 3 aromatic rings. The van der Waals surface area contributed by atoms with Crippen LogP contribution in [0.3, 0.4) is 0 Å². The van der Waals surface area contributed by atoms with Crippen LogP contribution >= 0.6 is 0 Å². The van der Waals surface area contributed by atoms with E-state index in [1.807, 2.05) is 0 Å². The molecular formula is C15H16FN5. The third-order valence-electron chi connectivity index (χ3n) is 3.43. The van der Waals surface area contributed by atoms with E-state index in [1.165, 1.54) is 18.5 Å². The lowest BCUT2D eigenvalue weighted by atomic mass is 10.2. The second-order valence-electron chi connectivity index (χ2n) is 4.95. The van der Waals surface area contributed by atoms with Gasteiger partial charge < -0.3 is 5.32 Å². The van der Waals surface area contributed by atoms with E-state index in [0.29, 0.717) is 11.7 Å². The summed E-state index contributed by atoms with van der Waals surface area (Å²) >= 11 is 0. The van der Waals surface area contributed by atoms with E-state index in [2.05, 4.69) is 34.2 Å². The summed E-state index contributed by atoms with van der Waals surface area (Å²) in [4.78, 5) is 8.57. The number of fused-ring (bicyclic) bond motifs is 1. The summed E-state index contributed by atoms with van der Waals surface area (Å²) in [6, 6.07) is 6.47. The third-order valence-corrected chi connectivity index (χ3v) is 3.43. The minimum absolute atomic E-state index is 0.274. The maximum atomic E-state index is 13.0. The van der Waals surface area contributed by atoms with Gasteiger partial charge in [0.1, 0.15) is 18.0 Å². The van der Waals surface area contributed by atoms with Gasteiger partial charge in [0, 0.05) is 6.04 Å². The van der Waals surface area contributed by atoms with Gasteiger partial charge >= 0.3 is 0 Å². The van der Waals surface area contributed by atoms with Gasteiger partial charge in [-0.25, -0.2) is 19.0 Å². The highest BCUT2D eigenvalue weighted by molar-refractivity contribution is 5.87. The summed E-state index contributed by atoms with van der Waals surface area (Å²) in [5.74, 6) is 0.492. The van der Waals surface area contributed by atoms with Crippen molar-refractivity contribution in [2.75, 3.05) is 5.32 Å². The summed E-state index contributed by atoms with van der Waals surface area (Å²) in [5, 5.41) is 8.53. The van der Waals surface area contributed by atoms with Crippen molar-refractivity contribution in [3.05, 3.63) is 42.6 Å². The average molecular weight is 285 g/mol. The topological polar surface area (TPSA) is 55.6 Å². The van der Waals surface area contributed by atoms with Crippen molar-refractivity contribution in [2.45, 2.75) is 26.3 Å². The number of aromatic nitrogens is 4. The number of hydrogen-bond donors (Lipinski definition) is 1. The molecule has 0 spiro atoms. The molecule has 108 valence electrons. The SMILES string of the molecule is CCC(C)Nc1ncnc2c1cnn2-c1ccc(F)cc1. The molecule has 0 bridgehead atoms. The van der Waals surface area contributed by atoms with E-state index in [9.17, 15) is 4.39 Å². The molecule has 1 aromatic carbocycles. The van der Waals surface area contributed by atoms with Crippen molar-refractivity contribution in [3.8, 4) is 5.69 Å². The summed E-state index contributed by atoms with van der Waals surface area (Å²) in [7, 11) is 0. The van der Waals surface area contributed by atoms with E-state index in [0.717, 1.165) is 23.3 Å². The van der Waals surface area contributed by atoms with Crippen LogP contribution in [0.25, 0.3) is 16.7 Å². The standard InChI is InChI=1S/C15H16FN5/c1-3-10(2)20-14-13-8-19-21(15(13)18-9-17-14)12-6-4-11(16)5-7-12/h4-10H,3H2,1-2H3,(H,17,18,20). The van der Waals surface area contributed by atoms with Crippen LogP contribution in [0.4, 0.5) is 10.2 Å². The molecule has 0 amide bonds. The highest BCUT2D eigenvalue weighted by Gasteiger charge is 2.12. The maximum absolute atomic E-state index is 13.0. The number of rotatable bonds is 4. The lowest BCUT2D eigenvalue weighted by Gasteiger charge is -2.12. The first-order chi connectivity index (χ1) is 10.2. The Kier molecular flexibility index (Phi) is 3.51. The Hall–Kier alpha value is -2.50. The predicted octanol–water partition coefficient (Wildman–Crippen LogP) is 3.17. The van der Waals surface area contributed by atoms with Crippen LogP contribution in [-0.2, 0) is 0 Å². The van der Waals surface area contributed by atoms with Crippen LogP contribution in [0, 0.1) is 5.82 Å². The zero-order valence-corrected chi connectivity index (χ0v) is 11.9. The normalized spacial score (nSPS) is 12.5. The van der Waals surface area contributed by atoms with Crippen molar-refractivity contribution in [2.24, 2.45) is 0 Å². The van der Waals surface area contributed by atoms with Gasteiger partial charge in [0.2, 0.25) is 0 Å². The molecule has 1 unspecified atom stereocenters. The van der Waals surface area contributed by atoms with E-state index >= 15 is 0 Å². The molecule has 0 aliphatic rings. The molecule has 0 fully saturated rings. The number of nitrogens with zero attached hydrogens (tertiary/aromatic N) is 4. The quantitative estimate of drug-likeness (QED) is 0.800. The Bertz CT molecular complexity index is 750. The molecule has 1 N–H and O–H groups in total. The molecular weight excluding hydrogens is 269 g/mol. The molecule has 3 rings (SSSR count). The number of halogens is 1. The number of benzene rings is 1. The zero-order chi connectivity index (χ0) is 14.8. The summed E-state index contributed by atoms with van der Waals surface area (Å²) in [6.07, 6.45) is 4.23. The first kappa shape index (κ1) is 13.5. The largest absolute Gasteiger partial charge is 0.367 e. The highest BCUT2D eigenvalue weighted by Crippen LogP contribution is 2.22. The minimum atomic E-state index is -0.274. The smallest absolute Gasteiger partial charge is 0.168 e. The van der Waals surface area contributed by atoms with Gasteiger partial charge in [0.25, 0.3) is 0 Å². The summed E-state index contributed by atoms with van der Waals surface area (Å²) < 4.78 is 14.7. The van der Waals surface area contributed by atoms with Crippen molar-refractivity contribution >= 4 is 16.9 Å². The van der Waals surface area contributed by atoms with E-state index in [1.54, 1.807) is 23.0 Å². The Labute approximate surface area is 121 Å². The van der Waals surface area contributed by atoms with Crippen LogP contribution in [-0.4, -0.2) is 25.8 Å². The summed E-state index contributed by atoms with van der Waals surface area (Å²) in [5.41, 5.74) is 1.46. The number of anilines is 1. The van der Waals surface area contributed by atoms with Crippen molar-refractivity contribution in [1.82, 2.24) is 19.7 Å². The average Bonchev–Trinajstić information content (AvgIpc) is 2.93. The zero-order valence-electron chi connectivity index (χ0n) is 11.9. The molecule has 2 aromatic heterocycles. The Morgan fingerprint density at radius 1 is 1.24 bits per heavy atom. The van der Waals surface area contributed by atoms with Crippen LogP contribution in [0.15, 0.2) is 36.8 Å². The van der Waals surface area contributed by atoms with Crippen LogP contribution in [0.2, 0.25) is 0 Å². The van der Waals surface area contributed by atoms with Gasteiger partial charge in [-0.1, -0.05) is 6.92 Å². The molecule has 0 radical (unpaired) electrons. The fourth-order valence-electron chi connectivity index (χ4n) is 2.07. The Morgan fingerprint density at radius 2 is 2.00 bits per heavy atom. The van der Waals surface area contributed by atoms with Crippen molar-refractivity contribution < 1.29 is 4.39 Å². The van der Waals surface area contributed by atoms with E-state index in [4.69, 9.17) is 0 Å². The van der Waals surface area contributed by atoms with Gasteiger partial charge in [-0.3, -0.25) is 0 Å². The second-order valence-corrected chi connectivity index (χ2v) is 4.95. The van der Waals surface area contributed by atoms with Crippen molar-refractivity contribution in [3.63, 3.8) is 0 Å². The van der Waals surface area contributed by atoms with Gasteiger partial charge in [-0.2, -0.15) is 5.10 Å². The van der Waals surface area contributed by atoms with E-state index < -0.39 is 0 Å². The molecule has 0 aliphatic heterocycles. The lowest BCUT2D eigenvalue weighted by molar-refractivity contribution is 0.627. The molecule has 6 heteroatoms. The number of nitrogens with one attached hydrogen (secondary N) is 1. The molecule has 0 saturated heterocycles. The first-order valence-corrected chi connectivity index (χ1v) is 6.90. The van der Waals surface area contributed by atoms with Crippen molar-refractivity contribution in [1.29, 1.82) is 0 Å². The fourth-order valence-corrected chi connectivity index (χ4v) is 2.07. The Balaban J connectivity index is 2.06. The molecule has 21 heavy (non-hydrogen) atoms. The first-order valence-electron chi connectivity index (χ1n) is 6.90. The maximum Gasteiger partial charge on any atom is 0.168 e. The molecule has 2 heterocycles. The van der Waals surface area contributed by atoms with Gasteiger partial charge in [-0.15, -0.1) is 0 Å². The number of hydrogen-bond acceptors (Lipinski definition) is 4. The summed E-state index contributed by atoms with van der Waals surface area (Å²) in [6.45, 7) is 4.20. The second kappa shape index (κ2) is 5.47.